The molecule has 0 radical (unpaired) electrons. The van der Waals surface area contributed by atoms with E-state index in [0.717, 1.165) is 11.9 Å². The van der Waals surface area contributed by atoms with Crippen LogP contribution < -0.4 is 15.5 Å². The first-order chi connectivity index (χ1) is 23.3. The maximum absolute atomic E-state index is 13.9. The number of piperazine rings is 1. The maximum atomic E-state index is 13.9. The van der Waals surface area contributed by atoms with Gasteiger partial charge in [-0.05, 0) is 63.2 Å². The van der Waals surface area contributed by atoms with Crippen LogP contribution in [-0.2, 0) is 16.6 Å². The minimum Gasteiger partial charge on any atom is -0.444 e. The van der Waals surface area contributed by atoms with Crippen molar-refractivity contribution in [1.29, 1.82) is 0 Å². The number of nitrogens with one attached hydrogen (secondary N) is 2. The zero-order valence-electron chi connectivity index (χ0n) is 27.3. The van der Waals surface area contributed by atoms with Gasteiger partial charge in [0.15, 0.2) is 11.5 Å². The van der Waals surface area contributed by atoms with Crippen LogP contribution in [0.3, 0.4) is 0 Å². The molecule has 2 N–H and O–H groups in total. The highest BCUT2D eigenvalue weighted by atomic mass is 19.1. The summed E-state index contributed by atoms with van der Waals surface area (Å²) in [5, 5.41) is 14.8. The van der Waals surface area contributed by atoms with E-state index in [0.29, 0.717) is 54.3 Å². The molecule has 49 heavy (non-hydrogen) atoms. The van der Waals surface area contributed by atoms with Gasteiger partial charge in [-0.2, -0.15) is 14.6 Å². The molecule has 0 aliphatic carbocycles. The van der Waals surface area contributed by atoms with E-state index in [2.05, 4.69) is 25.5 Å². The molecule has 5 aromatic rings. The molecule has 16 heteroatoms. The highest BCUT2D eigenvalue weighted by molar-refractivity contribution is 6.03. The van der Waals surface area contributed by atoms with Gasteiger partial charge in [-0.3, -0.25) is 14.3 Å². The number of ether oxygens (including phenoxy) is 1. The molecule has 1 aromatic carbocycles. The highest BCUT2D eigenvalue weighted by Crippen LogP contribution is 2.39. The molecule has 254 valence electrons. The number of hydrogen-bond acceptors (Lipinski definition) is 9. The van der Waals surface area contributed by atoms with Gasteiger partial charge < -0.3 is 25.2 Å². The molecule has 0 spiro atoms. The molecule has 6 rings (SSSR count). The number of carbonyl (C=O) groups is 3. The number of fused-ring (bicyclic) bond motifs is 1. The molecule has 0 atom stereocenters. The van der Waals surface area contributed by atoms with E-state index < -0.39 is 23.5 Å². The summed E-state index contributed by atoms with van der Waals surface area (Å²) in [7, 11) is 1.81. The molecule has 1 fully saturated rings. The predicted molar refractivity (Wildman–Crippen MR) is 176 cm³/mol. The van der Waals surface area contributed by atoms with Crippen LogP contribution in [-0.4, -0.2) is 90.5 Å². The molecule has 14 nitrogen and oxygen atoms in total. The summed E-state index contributed by atoms with van der Waals surface area (Å²) in [6.45, 7) is 6.77. The van der Waals surface area contributed by atoms with Crippen molar-refractivity contribution >= 4 is 35.2 Å². The molecular formula is C33H34F2N10O4. The van der Waals surface area contributed by atoms with E-state index in [1.165, 1.54) is 35.1 Å². The van der Waals surface area contributed by atoms with Crippen LogP contribution in [0.15, 0.2) is 60.9 Å². The monoisotopic (exact) mass is 672 g/mol. The lowest BCUT2D eigenvalue weighted by Gasteiger charge is -2.36. The normalized spacial score (nSPS) is 13.4. The number of anilines is 2. The van der Waals surface area contributed by atoms with Crippen molar-refractivity contribution in [3.8, 4) is 22.5 Å². The third kappa shape index (κ3) is 7.47. The Hall–Kier alpha value is -5.93. The highest BCUT2D eigenvalue weighted by Gasteiger charge is 2.29. The smallest absolute Gasteiger partial charge is 0.408 e. The van der Waals surface area contributed by atoms with Crippen molar-refractivity contribution in [3.63, 3.8) is 0 Å². The summed E-state index contributed by atoms with van der Waals surface area (Å²) in [6.07, 6.45) is 2.08. The van der Waals surface area contributed by atoms with Gasteiger partial charge in [0.25, 0.3) is 5.91 Å². The second-order valence-electron chi connectivity index (χ2n) is 12.4. The Kier molecular flexibility index (Phi) is 8.95. The fourth-order valence-electron chi connectivity index (χ4n) is 5.47. The second-order valence-corrected chi connectivity index (χ2v) is 12.4. The quantitative estimate of drug-likeness (QED) is 0.245. The molecule has 4 aromatic heterocycles. The van der Waals surface area contributed by atoms with E-state index >= 15 is 0 Å². The number of benzene rings is 1. The van der Waals surface area contributed by atoms with Crippen molar-refractivity contribution in [1.82, 2.24) is 39.6 Å². The molecule has 0 saturated carbocycles. The lowest BCUT2D eigenvalue weighted by molar-refractivity contribution is -0.130. The lowest BCUT2D eigenvalue weighted by atomic mass is 10.0. The maximum Gasteiger partial charge on any atom is 0.408 e. The number of carbonyl (C=O) groups excluding carboxylic acids is 3. The molecule has 1 saturated heterocycles. The average molecular weight is 673 g/mol. The number of imidazole rings is 1. The number of alkyl carbamates (subject to hydrolysis) is 1. The number of halogens is 2. The molecule has 0 unspecified atom stereocenters. The van der Waals surface area contributed by atoms with Gasteiger partial charge in [-0.1, -0.05) is 0 Å². The van der Waals surface area contributed by atoms with Crippen molar-refractivity contribution < 1.29 is 27.9 Å². The first-order valence-electron chi connectivity index (χ1n) is 15.5. The Labute approximate surface area is 279 Å². The summed E-state index contributed by atoms with van der Waals surface area (Å²) >= 11 is 0. The van der Waals surface area contributed by atoms with Gasteiger partial charge in [0.2, 0.25) is 11.9 Å². The number of nitrogens with zero attached hydrogens (tertiary/aromatic N) is 8. The molecule has 3 amide bonds. The van der Waals surface area contributed by atoms with Crippen molar-refractivity contribution in [2.24, 2.45) is 7.05 Å². The van der Waals surface area contributed by atoms with E-state index in [4.69, 9.17) is 14.9 Å². The third-order valence-electron chi connectivity index (χ3n) is 7.66. The fourth-order valence-corrected chi connectivity index (χ4v) is 5.47. The Morgan fingerprint density at radius 1 is 0.959 bits per heavy atom. The first-order valence-corrected chi connectivity index (χ1v) is 15.5. The average Bonchev–Trinajstić information content (AvgIpc) is 3.62. The number of aromatic nitrogens is 6. The number of aryl methyl sites for hydroxylation is 1. The van der Waals surface area contributed by atoms with Gasteiger partial charge >= 0.3 is 6.09 Å². The summed E-state index contributed by atoms with van der Waals surface area (Å²) < 4.78 is 35.9. The van der Waals surface area contributed by atoms with Crippen molar-refractivity contribution in [3.05, 3.63) is 78.3 Å². The Morgan fingerprint density at radius 3 is 2.39 bits per heavy atom. The molecular weight excluding hydrogens is 638 g/mol. The van der Waals surface area contributed by atoms with Gasteiger partial charge in [0.05, 0.1) is 17.5 Å². The topological polar surface area (TPSA) is 152 Å². The number of rotatable bonds is 7. The minimum atomic E-state index is -0.776. The summed E-state index contributed by atoms with van der Waals surface area (Å²) in [5.74, 6) is -1.01. The lowest BCUT2D eigenvalue weighted by Crippen LogP contribution is -2.52. The van der Waals surface area contributed by atoms with Crippen LogP contribution in [0.2, 0.25) is 0 Å². The van der Waals surface area contributed by atoms with Gasteiger partial charge in [0.1, 0.15) is 29.5 Å². The van der Waals surface area contributed by atoms with Crippen LogP contribution in [0, 0.1) is 11.8 Å². The number of pyridine rings is 1. The number of amides is 3. The summed E-state index contributed by atoms with van der Waals surface area (Å²) in [5.41, 5.74) is 2.30. The van der Waals surface area contributed by atoms with E-state index in [1.54, 1.807) is 61.7 Å². The van der Waals surface area contributed by atoms with Gasteiger partial charge in [0, 0.05) is 56.6 Å². The number of hydrogen-bond donors (Lipinski definition) is 2. The van der Waals surface area contributed by atoms with Crippen LogP contribution in [0.4, 0.5) is 25.2 Å². The van der Waals surface area contributed by atoms with Gasteiger partial charge in [-0.15, -0.1) is 0 Å². The van der Waals surface area contributed by atoms with Crippen LogP contribution in [0.25, 0.3) is 28.2 Å². The third-order valence-corrected chi connectivity index (χ3v) is 7.66. The van der Waals surface area contributed by atoms with Gasteiger partial charge in [-0.25, -0.2) is 23.7 Å². The van der Waals surface area contributed by atoms with E-state index in [1.807, 2.05) is 0 Å². The van der Waals surface area contributed by atoms with E-state index in [9.17, 15) is 23.2 Å². The van der Waals surface area contributed by atoms with E-state index in [-0.39, 0.29) is 29.7 Å². The standard InChI is InChI=1S/C33H34F2N10O4/c1-33(2,3)49-32(48)37-18-27(46)43-13-15-44(16-14-43)31-28(29(41-42(31)4)20-5-7-22(34)8-6-20)23-9-10-26-38-25(19-45(26)40-23)39-30(47)21-11-12-36-24(35)17-21/h5-12,17,19H,13-16,18H2,1-4H3,(H,37,48)(H,39,47). The molecule has 1 aliphatic heterocycles. The summed E-state index contributed by atoms with van der Waals surface area (Å²) in [4.78, 5) is 49.3. The second kappa shape index (κ2) is 13.3. The van der Waals surface area contributed by atoms with Crippen LogP contribution in [0.5, 0.6) is 0 Å². The minimum absolute atomic E-state index is 0.0863. The first kappa shape index (κ1) is 33.0. The largest absolute Gasteiger partial charge is 0.444 e. The summed E-state index contributed by atoms with van der Waals surface area (Å²) in [6, 6.07) is 11.9. The van der Waals surface area contributed by atoms with Crippen molar-refractivity contribution in [2.45, 2.75) is 26.4 Å². The van der Waals surface area contributed by atoms with Crippen LogP contribution >= 0.6 is 0 Å². The van der Waals surface area contributed by atoms with Crippen LogP contribution in [0.1, 0.15) is 31.1 Å². The molecule has 1 aliphatic rings. The zero-order valence-corrected chi connectivity index (χ0v) is 27.3. The predicted octanol–water partition coefficient (Wildman–Crippen LogP) is 3.90. The molecule has 5 heterocycles. The Morgan fingerprint density at radius 2 is 1.69 bits per heavy atom. The fraction of sp³-hybridized carbons (Fsp3) is 0.303. The zero-order chi connectivity index (χ0) is 34.9. The Bertz CT molecular complexity index is 2030. The SMILES string of the molecule is Cn1nc(-c2ccc(F)cc2)c(-c2ccc3nc(NC(=O)c4ccnc(F)c4)cn3n2)c1N1CCN(C(=O)CNC(=O)OC(C)(C)C)CC1. The Balaban J connectivity index is 1.26. The van der Waals surface area contributed by atoms with Crippen molar-refractivity contribution in [2.75, 3.05) is 42.9 Å². The molecule has 0 bridgehead atoms.